The summed E-state index contributed by atoms with van der Waals surface area (Å²) in [5, 5.41) is 7.95. The highest BCUT2D eigenvalue weighted by atomic mass is 35.5. The Hall–Kier alpha value is -1.89. The van der Waals surface area contributed by atoms with Gasteiger partial charge in [0.1, 0.15) is 0 Å². The van der Waals surface area contributed by atoms with Crippen LogP contribution >= 0.6 is 11.6 Å². The van der Waals surface area contributed by atoms with E-state index in [4.69, 9.17) is 21.5 Å². The average Bonchev–Trinajstić information content (AvgIpc) is 3.02. The van der Waals surface area contributed by atoms with Crippen molar-refractivity contribution in [2.24, 2.45) is 5.92 Å². The second-order valence-electron chi connectivity index (χ2n) is 6.58. The Bertz CT molecular complexity index is 834. The molecule has 0 saturated heterocycles. The fourth-order valence-corrected chi connectivity index (χ4v) is 4.70. The van der Waals surface area contributed by atoms with Gasteiger partial charge in [-0.15, -0.1) is 0 Å². The molecule has 1 fully saturated rings. The Kier molecular flexibility index (Phi) is 7.83. The maximum atomic E-state index is 12.5. The van der Waals surface area contributed by atoms with Gasteiger partial charge in [-0.3, -0.25) is 4.79 Å². The molecule has 3 rings (SSSR count). The zero-order chi connectivity index (χ0) is 19.9. The summed E-state index contributed by atoms with van der Waals surface area (Å²) in [6.45, 7) is 1.08. The van der Waals surface area contributed by atoms with Crippen molar-refractivity contribution in [3.8, 4) is 0 Å². The zero-order valence-corrected chi connectivity index (χ0v) is 16.7. The molecule has 0 amide bonds. The average molecular weight is 410 g/mol. The van der Waals surface area contributed by atoms with Crippen molar-refractivity contribution in [1.82, 2.24) is 4.72 Å². The number of sulfonamides is 1. The summed E-state index contributed by atoms with van der Waals surface area (Å²) in [4.78, 5) is 9.27. The van der Waals surface area contributed by atoms with E-state index in [9.17, 15) is 8.42 Å². The number of hydrogen-bond acceptors (Lipinski definition) is 3. The van der Waals surface area contributed by atoms with Crippen LogP contribution < -0.4 is 4.72 Å². The van der Waals surface area contributed by atoms with Gasteiger partial charge in [0.05, 0.1) is 4.90 Å². The first-order chi connectivity index (χ1) is 12.8. The molecule has 27 heavy (non-hydrogen) atoms. The fraction of sp³-hybridized carbons (Fsp3) is 0.350. The van der Waals surface area contributed by atoms with E-state index in [2.05, 4.69) is 16.9 Å². The molecular formula is C20H24ClNO4S. The minimum absolute atomic E-state index is 0.00381. The van der Waals surface area contributed by atoms with Gasteiger partial charge in [-0.2, -0.15) is 0 Å². The first-order valence-corrected chi connectivity index (χ1v) is 10.7. The number of benzene rings is 2. The van der Waals surface area contributed by atoms with Crippen LogP contribution in [0.15, 0.2) is 59.5 Å². The van der Waals surface area contributed by atoms with Crippen LogP contribution in [0.1, 0.15) is 31.7 Å². The predicted octanol–water partition coefficient (Wildman–Crippen LogP) is 4.12. The highest BCUT2D eigenvalue weighted by Gasteiger charge is 2.31. The molecule has 1 aliphatic carbocycles. The monoisotopic (exact) mass is 409 g/mol. The molecule has 2 aromatic rings. The number of carboxylic acid groups (broad SMARTS) is 1. The van der Waals surface area contributed by atoms with Crippen LogP contribution in [0.25, 0.3) is 0 Å². The summed E-state index contributed by atoms with van der Waals surface area (Å²) in [5.41, 5.74) is 1.26. The zero-order valence-electron chi connectivity index (χ0n) is 15.1. The standard InChI is InChI=1S/C18H20ClNO2S.C2H4O2/c19-16-9-11-17(12-10-16)23(21,22)20-18-8-4-7-15(18)13-14-5-2-1-3-6-14;1-2(3)4/h1-3,5-6,9-12,15,18,20H,4,7-8,13H2;1H3,(H,3,4)/t15-,18+;/m0./s1. The lowest BCUT2D eigenvalue weighted by molar-refractivity contribution is -0.134. The summed E-state index contributed by atoms with van der Waals surface area (Å²) in [6.07, 6.45) is 3.92. The molecule has 0 radical (unpaired) electrons. The number of rotatable bonds is 5. The van der Waals surface area contributed by atoms with Gasteiger partial charge in [-0.05, 0) is 55.0 Å². The lowest BCUT2D eigenvalue weighted by Crippen LogP contribution is -2.38. The summed E-state index contributed by atoms with van der Waals surface area (Å²) in [6, 6.07) is 16.5. The Morgan fingerprint density at radius 3 is 2.30 bits per heavy atom. The van der Waals surface area contributed by atoms with Crippen molar-refractivity contribution in [3.05, 3.63) is 65.2 Å². The predicted molar refractivity (Wildman–Crippen MR) is 106 cm³/mol. The van der Waals surface area contributed by atoms with E-state index in [1.165, 1.54) is 5.56 Å². The summed E-state index contributed by atoms with van der Waals surface area (Å²) >= 11 is 5.83. The highest BCUT2D eigenvalue weighted by Crippen LogP contribution is 2.30. The summed E-state index contributed by atoms with van der Waals surface area (Å²) in [5.74, 6) is -0.487. The summed E-state index contributed by atoms with van der Waals surface area (Å²) < 4.78 is 28.0. The number of hydrogen-bond donors (Lipinski definition) is 2. The van der Waals surface area contributed by atoms with Crippen LogP contribution in [0.2, 0.25) is 5.02 Å². The number of halogens is 1. The van der Waals surface area contributed by atoms with Crippen molar-refractivity contribution in [3.63, 3.8) is 0 Å². The lowest BCUT2D eigenvalue weighted by atomic mass is 9.95. The quantitative estimate of drug-likeness (QED) is 0.777. The molecule has 1 aliphatic rings. The normalized spacial score (nSPS) is 19.2. The number of nitrogens with one attached hydrogen (secondary N) is 1. The van der Waals surface area contributed by atoms with Crippen molar-refractivity contribution in [2.75, 3.05) is 0 Å². The Labute approximate surface area is 165 Å². The van der Waals surface area contributed by atoms with E-state index in [0.717, 1.165) is 32.6 Å². The third kappa shape index (κ3) is 6.97. The largest absolute Gasteiger partial charge is 0.481 e. The van der Waals surface area contributed by atoms with Crippen LogP contribution in [0.4, 0.5) is 0 Å². The van der Waals surface area contributed by atoms with Gasteiger partial charge < -0.3 is 5.11 Å². The van der Waals surface area contributed by atoms with E-state index < -0.39 is 16.0 Å². The lowest BCUT2D eigenvalue weighted by Gasteiger charge is -2.21. The van der Waals surface area contributed by atoms with Gasteiger partial charge in [-0.25, -0.2) is 13.1 Å². The molecule has 5 nitrogen and oxygen atoms in total. The minimum Gasteiger partial charge on any atom is -0.481 e. The second kappa shape index (κ2) is 9.88. The molecule has 2 N–H and O–H groups in total. The third-order valence-electron chi connectivity index (χ3n) is 4.43. The fourth-order valence-electron chi connectivity index (χ4n) is 3.23. The molecule has 0 spiro atoms. The second-order valence-corrected chi connectivity index (χ2v) is 8.73. The number of aliphatic carboxylic acids is 1. The molecule has 0 unspecified atom stereocenters. The van der Waals surface area contributed by atoms with Gasteiger partial charge in [0.15, 0.2) is 0 Å². The van der Waals surface area contributed by atoms with E-state index in [-0.39, 0.29) is 10.9 Å². The van der Waals surface area contributed by atoms with E-state index in [1.54, 1.807) is 24.3 Å². The number of carbonyl (C=O) groups is 1. The van der Waals surface area contributed by atoms with Crippen LogP contribution in [-0.2, 0) is 21.2 Å². The number of carboxylic acids is 1. The van der Waals surface area contributed by atoms with E-state index >= 15 is 0 Å². The first kappa shape index (κ1) is 21.4. The molecule has 2 atom stereocenters. The topological polar surface area (TPSA) is 83.5 Å². The maximum Gasteiger partial charge on any atom is 0.300 e. The molecule has 0 aliphatic heterocycles. The Balaban J connectivity index is 0.000000596. The van der Waals surface area contributed by atoms with Gasteiger partial charge in [-0.1, -0.05) is 48.4 Å². The molecule has 146 valence electrons. The van der Waals surface area contributed by atoms with Crippen molar-refractivity contribution < 1.29 is 18.3 Å². The smallest absolute Gasteiger partial charge is 0.300 e. The van der Waals surface area contributed by atoms with Crippen molar-refractivity contribution in [1.29, 1.82) is 0 Å². The van der Waals surface area contributed by atoms with Gasteiger partial charge in [0, 0.05) is 18.0 Å². The highest BCUT2D eigenvalue weighted by molar-refractivity contribution is 7.89. The molecule has 1 saturated carbocycles. The van der Waals surface area contributed by atoms with E-state index in [0.29, 0.717) is 10.9 Å². The molecule has 0 heterocycles. The summed E-state index contributed by atoms with van der Waals surface area (Å²) in [7, 11) is -3.49. The molecule has 0 aromatic heterocycles. The maximum absolute atomic E-state index is 12.5. The third-order valence-corrected chi connectivity index (χ3v) is 6.19. The Morgan fingerprint density at radius 2 is 1.70 bits per heavy atom. The van der Waals surface area contributed by atoms with Gasteiger partial charge in [0.2, 0.25) is 10.0 Å². The van der Waals surface area contributed by atoms with Crippen molar-refractivity contribution in [2.45, 2.75) is 43.5 Å². The van der Waals surface area contributed by atoms with Crippen LogP contribution in [0, 0.1) is 5.92 Å². The molecular weight excluding hydrogens is 386 g/mol. The van der Waals surface area contributed by atoms with Crippen LogP contribution in [0.3, 0.4) is 0 Å². The Morgan fingerprint density at radius 1 is 1.11 bits per heavy atom. The van der Waals surface area contributed by atoms with Crippen LogP contribution in [0.5, 0.6) is 0 Å². The molecule has 0 bridgehead atoms. The van der Waals surface area contributed by atoms with E-state index in [1.807, 2.05) is 18.2 Å². The molecule has 7 heteroatoms. The minimum atomic E-state index is -3.49. The molecule has 2 aromatic carbocycles. The SMILES string of the molecule is CC(=O)O.O=S(=O)(N[C@@H]1CCC[C@H]1Cc1ccccc1)c1ccc(Cl)cc1. The van der Waals surface area contributed by atoms with Crippen LogP contribution in [-0.4, -0.2) is 25.5 Å². The van der Waals surface area contributed by atoms with Gasteiger partial charge >= 0.3 is 0 Å². The first-order valence-electron chi connectivity index (χ1n) is 8.79. The van der Waals surface area contributed by atoms with Crippen molar-refractivity contribution >= 4 is 27.6 Å². The van der Waals surface area contributed by atoms with Gasteiger partial charge in [0.25, 0.3) is 5.97 Å².